The molecule has 1 aromatic heterocycles. The Kier molecular flexibility index (Phi) is 5.01. The number of nitrogens with zero attached hydrogens (tertiary/aromatic N) is 2. The molecule has 0 saturated carbocycles. The Bertz CT molecular complexity index is 642. The summed E-state index contributed by atoms with van der Waals surface area (Å²) in [7, 11) is 0. The maximum Gasteiger partial charge on any atom is 0.223 e. The van der Waals surface area contributed by atoms with Crippen molar-refractivity contribution < 1.29 is 9.18 Å². The SMILES string of the molecule is O=C(CCc1cccnc1)N1CCCC[C@@H]1c1ccc(F)cc1. The molecule has 23 heavy (non-hydrogen) atoms. The van der Waals surface area contributed by atoms with Crippen molar-refractivity contribution in [2.75, 3.05) is 6.54 Å². The average molecular weight is 312 g/mol. The standard InChI is InChI=1S/C19H21FN2O/c20-17-9-7-16(8-10-17)18-5-1-2-13-22(18)19(23)11-6-15-4-3-12-21-14-15/h3-4,7-10,12,14,18H,1-2,5-6,11,13H2/t18-/m1/s1. The Hall–Kier alpha value is -2.23. The van der Waals surface area contributed by atoms with Crippen LogP contribution < -0.4 is 0 Å². The van der Waals surface area contributed by atoms with E-state index in [0.29, 0.717) is 12.8 Å². The normalized spacial score (nSPS) is 18.0. The number of likely N-dealkylation sites (tertiary alicyclic amines) is 1. The van der Waals surface area contributed by atoms with Gasteiger partial charge < -0.3 is 4.90 Å². The van der Waals surface area contributed by atoms with Crippen molar-refractivity contribution in [2.24, 2.45) is 0 Å². The lowest BCUT2D eigenvalue weighted by Gasteiger charge is -2.36. The van der Waals surface area contributed by atoms with Gasteiger partial charge in [-0.1, -0.05) is 18.2 Å². The zero-order valence-electron chi connectivity index (χ0n) is 13.1. The number of pyridine rings is 1. The molecule has 3 nitrogen and oxygen atoms in total. The van der Waals surface area contributed by atoms with E-state index >= 15 is 0 Å². The largest absolute Gasteiger partial charge is 0.336 e. The van der Waals surface area contributed by atoms with Gasteiger partial charge in [-0.2, -0.15) is 0 Å². The number of benzene rings is 1. The minimum atomic E-state index is -0.237. The fourth-order valence-corrected chi connectivity index (χ4v) is 3.20. The van der Waals surface area contributed by atoms with Gasteiger partial charge in [0, 0.05) is 25.4 Å². The predicted molar refractivity (Wildman–Crippen MR) is 87.3 cm³/mol. The number of carbonyl (C=O) groups excluding carboxylic acids is 1. The lowest BCUT2D eigenvalue weighted by atomic mass is 9.94. The quantitative estimate of drug-likeness (QED) is 0.857. The highest BCUT2D eigenvalue weighted by Crippen LogP contribution is 2.31. The smallest absolute Gasteiger partial charge is 0.223 e. The maximum atomic E-state index is 13.1. The number of carbonyl (C=O) groups is 1. The van der Waals surface area contributed by atoms with Crippen molar-refractivity contribution in [3.8, 4) is 0 Å². The number of hydrogen-bond donors (Lipinski definition) is 0. The molecule has 1 saturated heterocycles. The number of hydrogen-bond acceptors (Lipinski definition) is 2. The molecule has 1 amide bonds. The van der Waals surface area contributed by atoms with E-state index in [1.165, 1.54) is 12.1 Å². The highest BCUT2D eigenvalue weighted by molar-refractivity contribution is 5.77. The Balaban J connectivity index is 1.68. The van der Waals surface area contributed by atoms with Gasteiger partial charge in [-0.25, -0.2) is 4.39 Å². The van der Waals surface area contributed by atoms with Crippen LogP contribution in [0.5, 0.6) is 0 Å². The van der Waals surface area contributed by atoms with Gasteiger partial charge in [-0.3, -0.25) is 9.78 Å². The lowest BCUT2D eigenvalue weighted by Crippen LogP contribution is -2.38. The van der Waals surface area contributed by atoms with Gasteiger partial charge in [-0.05, 0) is 55.0 Å². The summed E-state index contributed by atoms with van der Waals surface area (Å²) in [5, 5.41) is 0. The summed E-state index contributed by atoms with van der Waals surface area (Å²) in [5.41, 5.74) is 2.11. The summed E-state index contributed by atoms with van der Waals surface area (Å²) in [6.45, 7) is 0.786. The zero-order valence-corrected chi connectivity index (χ0v) is 13.1. The van der Waals surface area contributed by atoms with E-state index < -0.39 is 0 Å². The fraction of sp³-hybridized carbons (Fsp3) is 0.368. The van der Waals surface area contributed by atoms with Crippen LogP contribution in [0, 0.1) is 5.82 Å². The van der Waals surface area contributed by atoms with Gasteiger partial charge in [0.15, 0.2) is 0 Å². The van der Waals surface area contributed by atoms with Crippen molar-refractivity contribution in [3.63, 3.8) is 0 Å². The van der Waals surface area contributed by atoms with Crippen LogP contribution in [-0.2, 0) is 11.2 Å². The second kappa shape index (κ2) is 7.36. The molecule has 0 aliphatic carbocycles. The van der Waals surface area contributed by atoms with Crippen LogP contribution in [0.2, 0.25) is 0 Å². The lowest BCUT2D eigenvalue weighted by molar-refractivity contribution is -0.135. The highest BCUT2D eigenvalue weighted by Gasteiger charge is 2.27. The van der Waals surface area contributed by atoms with E-state index in [9.17, 15) is 9.18 Å². The summed E-state index contributed by atoms with van der Waals surface area (Å²) in [4.78, 5) is 18.7. The second-order valence-corrected chi connectivity index (χ2v) is 6.01. The van der Waals surface area contributed by atoms with Gasteiger partial charge in [0.25, 0.3) is 0 Å². The third-order valence-corrected chi connectivity index (χ3v) is 4.43. The van der Waals surface area contributed by atoms with E-state index in [-0.39, 0.29) is 17.8 Å². The Labute approximate surface area is 136 Å². The number of aromatic nitrogens is 1. The van der Waals surface area contributed by atoms with Crippen LogP contribution in [0.1, 0.15) is 42.9 Å². The van der Waals surface area contributed by atoms with E-state index in [4.69, 9.17) is 0 Å². The van der Waals surface area contributed by atoms with Gasteiger partial charge in [0.05, 0.1) is 6.04 Å². The number of amides is 1. The van der Waals surface area contributed by atoms with Crippen LogP contribution in [0.3, 0.4) is 0 Å². The first-order valence-corrected chi connectivity index (χ1v) is 8.18. The summed E-state index contributed by atoms with van der Waals surface area (Å²) in [6, 6.07) is 10.5. The molecule has 1 aromatic carbocycles. The molecular formula is C19H21FN2O. The van der Waals surface area contributed by atoms with E-state index in [2.05, 4.69) is 4.98 Å². The molecule has 0 radical (unpaired) electrons. The number of rotatable bonds is 4. The molecule has 3 rings (SSSR count). The van der Waals surface area contributed by atoms with Crippen LogP contribution in [0.4, 0.5) is 4.39 Å². The molecule has 1 aliphatic heterocycles. The maximum absolute atomic E-state index is 13.1. The van der Waals surface area contributed by atoms with E-state index in [0.717, 1.165) is 36.9 Å². The Morgan fingerprint density at radius 1 is 1.22 bits per heavy atom. The van der Waals surface area contributed by atoms with Gasteiger partial charge in [0.2, 0.25) is 5.91 Å². The van der Waals surface area contributed by atoms with Gasteiger partial charge >= 0.3 is 0 Å². The monoisotopic (exact) mass is 312 g/mol. The van der Waals surface area contributed by atoms with Crippen LogP contribution in [0.25, 0.3) is 0 Å². The van der Waals surface area contributed by atoms with Crippen molar-refractivity contribution >= 4 is 5.91 Å². The van der Waals surface area contributed by atoms with Crippen molar-refractivity contribution in [3.05, 3.63) is 65.7 Å². The average Bonchev–Trinajstić information content (AvgIpc) is 2.61. The van der Waals surface area contributed by atoms with Crippen molar-refractivity contribution in [2.45, 2.75) is 38.1 Å². The summed E-state index contributed by atoms with van der Waals surface area (Å²) >= 11 is 0. The number of piperidine rings is 1. The van der Waals surface area contributed by atoms with Crippen LogP contribution >= 0.6 is 0 Å². The Morgan fingerprint density at radius 2 is 2.04 bits per heavy atom. The minimum absolute atomic E-state index is 0.0748. The first-order chi connectivity index (χ1) is 11.2. The van der Waals surface area contributed by atoms with Gasteiger partial charge in [-0.15, -0.1) is 0 Å². The molecule has 4 heteroatoms. The fourth-order valence-electron chi connectivity index (χ4n) is 3.20. The topological polar surface area (TPSA) is 33.2 Å². The van der Waals surface area contributed by atoms with Crippen molar-refractivity contribution in [1.82, 2.24) is 9.88 Å². The van der Waals surface area contributed by atoms with Crippen LogP contribution in [0.15, 0.2) is 48.8 Å². The third-order valence-electron chi connectivity index (χ3n) is 4.43. The highest BCUT2D eigenvalue weighted by atomic mass is 19.1. The van der Waals surface area contributed by atoms with Gasteiger partial charge in [0.1, 0.15) is 5.82 Å². The molecule has 1 aliphatic rings. The first-order valence-electron chi connectivity index (χ1n) is 8.18. The zero-order chi connectivity index (χ0) is 16.1. The summed E-state index contributed by atoms with van der Waals surface area (Å²) in [5.74, 6) is -0.0677. The molecule has 0 N–H and O–H groups in total. The molecular weight excluding hydrogens is 291 g/mol. The van der Waals surface area contributed by atoms with Crippen LogP contribution in [-0.4, -0.2) is 22.3 Å². The van der Waals surface area contributed by atoms with Crippen molar-refractivity contribution in [1.29, 1.82) is 0 Å². The second-order valence-electron chi connectivity index (χ2n) is 6.01. The molecule has 0 unspecified atom stereocenters. The molecule has 1 atom stereocenters. The number of aryl methyl sites for hydroxylation is 1. The predicted octanol–water partition coefficient (Wildman–Crippen LogP) is 3.91. The molecule has 120 valence electrons. The molecule has 0 bridgehead atoms. The first kappa shape index (κ1) is 15.7. The van der Waals surface area contributed by atoms with E-state index in [1.54, 1.807) is 24.5 Å². The summed E-state index contributed by atoms with van der Waals surface area (Å²) < 4.78 is 13.1. The summed E-state index contributed by atoms with van der Waals surface area (Å²) in [6.07, 6.45) is 7.83. The molecule has 2 aromatic rings. The molecule has 1 fully saturated rings. The minimum Gasteiger partial charge on any atom is -0.336 e. The molecule has 2 heterocycles. The van der Waals surface area contributed by atoms with E-state index in [1.807, 2.05) is 17.0 Å². The number of halogens is 1. The third kappa shape index (κ3) is 3.95. The Morgan fingerprint density at radius 3 is 2.78 bits per heavy atom. The molecule has 0 spiro atoms.